The summed E-state index contributed by atoms with van der Waals surface area (Å²) in [7, 11) is 0. The lowest BCUT2D eigenvalue weighted by atomic mass is 10.1. The summed E-state index contributed by atoms with van der Waals surface area (Å²) in [6, 6.07) is 0. The molecule has 82 valence electrons. The molecule has 1 saturated carbocycles. The van der Waals surface area contributed by atoms with Crippen LogP contribution in [0.3, 0.4) is 0 Å². The summed E-state index contributed by atoms with van der Waals surface area (Å²) in [5, 5.41) is 0. The Hall–Kier alpha value is -0.370. The average Bonchev–Trinajstić information content (AvgIpc) is 2.45. The van der Waals surface area contributed by atoms with E-state index in [-0.39, 0.29) is 11.9 Å². The highest BCUT2D eigenvalue weighted by Gasteiger charge is 2.18. The Morgan fingerprint density at radius 3 is 2.36 bits per heavy atom. The zero-order valence-corrected chi connectivity index (χ0v) is 9.42. The largest absolute Gasteiger partial charge is 0.368 e. The Labute approximate surface area is 87.0 Å². The van der Waals surface area contributed by atoms with Gasteiger partial charge in [-0.15, -0.1) is 0 Å². The van der Waals surface area contributed by atoms with E-state index in [1.54, 1.807) is 0 Å². The van der Waals surface area contributed by atoms with Gasteiger partial charge in [0.1, 0.15) is 6.10 Å². The monoisotopic (exact) mass is 198 g/mol. The standard InChI is InChI=1S/C12H22O2/c1-3-12(13)10(2)14-11-8-6-4-5-7-9-11/h10-11H,3-9H2,1-2H3. The lowest BCUT2D eigenvalue weighted by Gasteiger charge is -2.19. The van der Waals surface area contributed by atoms with Gasteiger partial charge in [-0.1, -0.05) is 32.6 Å². The van der Waals surface area contributed by atoms with E-state index in [0.29, 0.717) is 12.5 Å². The van der Waals surface area contributed by atoms with Crippen LogP contribution in [-0.4, -0.2) is 18.0 Å². The number of ether oxygens (including phenoxy) is 1. The van der Waals surface area contributed by atoms with E-state index in [2.05, 4.69) is 0 Å². The lowest BCUT2D eigenvalue weighted by Crippen LogP contribution is -2.26. The van der Waals surface area contributed by atoms with Gasteiger partial charge in [0.2, 0.25) is 0 Å². The molecule has 0 aliphatic heterocycles. The van der Waals surface area contributed by atoms with Crippen molar-refractivity contribution in [2.75, 3.05) is 0 Å². The molecule has 1 rings (SSSR count). The first kappa shape index (κ1) is 11.7. The van der Waals surface area contributed by atoms with Crippen LogP contribution in [0.1, 0.15) is 58.8 Å². The molecule has 14 heavy (non-hydrogen) atoms. The van der Waals surface area contributed by atoms with Crippen molar-refractivity contribution in [3.63, 3.8) is 0 Å². The number of carbonyl (C=O) groups is 1. The molecule has 1 aliphatic rings. The lowest BCUT2D eigenvalue weighted by molar-refractivity contribution is -0.133. The van der Waals surface area contributed by atoms with Crippen LogP contribution in [0.2, 0.25) is 0 Å². The van der Waals surface area contributed by atoms with Crippen molar-refractivity contribution in [2.24, 2.45) is 0 Å². The summed E-state index contributed by atoms with van der Waals surface area (Å²) in [6.07, 6.45) is 8.20. The second kappa shape index (κ2) is 6.18. The predicted molar refractivity (Wildman–Crippen MR) is 57.3 cm³/mol. The molecule has 2 nitrogen and oxygen atoms in total. The highest BCUT2D eigenvalue weighted by molar-refractivity contribution is 5.82. The molecule has 0 spiro atoms. The number of rotatable bonds is 4. The third-order valence-electron chi connectivity index (χ3n) is 3.00. The van der Waals surface area contributed by atoms with Crippen LogP contribution >= 0.6 is 0 Å². The molecule has 2 heteroatoms. The molecule has 0 aromatic carbocycles. The minimum Gasteiger partial charge on any atom is -0.368 e. The number of hydrogen-bond acceptors (Lipinski definition) is 2. The maximum atomic E-state index is 11.3. The van der Waals surface area contributed by atoms with Crippen molar-refractivity contribution in [2.45, 2.75) is 71.0 Å². The van der Waals surface area contributed by atoms with E-state index in [4.69, 9.17) is 4.74 Å². The minimum absolute atomic E-state index is 0.192. The van der Waals surface area contributed by atoms with E-state index in [9.17, 15) is 4.79 Å². The maximum absolute atomic E-state index is 11.3. The van der Waals surface area contributed by atoms with Crippen LogP contribution in [0, 0.1) is 0 Å². The second-order valence-corrected chi connectivity index (χ2v) is 4.21. The fourth-order valence-corrected chi connectivity index (χ4v) is 2.03. The first-order valence-electron chi connectivity index (χ1n) is 5.92. The Bertz CT molecular complexity index is 169. The van der Waals surface area contributed by atoms with Gasteiger partial charge in [-0.05, 0) is 19.8 Å². The fraction of sp³-hybridized carbons (Fsp3) is 0.917. The number of hydrogen-bond donors (Lipinski definition) is 0. The summed E-state index contributed by atoms with van der Waals surface area (Å²) < 4.78 is 5.77. The molecule has 0 radical (unpaired) electrons. The van der Waals surface area contributed by atoms with E-state index in [1.165, 1.54) is 25.7 Å². The molecule has 0 N–H and O–H groups in total. The zero-order chi connectivity index (χ0) is 10.4. The number of ketones is 1. The van der Waals surface area contributed by atoms with Gasteiger partial charge >= 0.3 is 0 Å². The van der Waals surface area contributed by atoms with Crippen molar-refractivity contribution >= 4 is 5.78 Å². The average molecular weight is 198 g/mol. The molecule has 1 aliphatic carbocycles. The smallest absolute Gasteiger partial charge is 0.161 e. The topological polar surface area (TPSA) is 26.3 Å². The van der Waals surface area contributed by atoms with E-state index in [0.717, 1.165) is 12.8 Å². The summed E-state index contributed by atoms with van der Waals surface area (Å²) in [5.74, 6) is 0.231. The van der Waals surface area contributed by atoms with Gasteiger partial charge in [0, 0.05) is 6.42 Å². The van der Waals surface area contributed by atoms with Crippen LogP contribution < -0.4 is 0 Å². The van der Waals surface area contributed by atoms with Gasteiger partial charge in [0.05, 0.1) is 6.10 Å². The molecule has 1 fully saturated rings. The van der Waals surface area contributed by atoms with Crippen molar-refractivity contribution in [1.29, 1.82) is 0 Å². The molecular formula is C12H22O2. The molecular weight excluding hydrogens is 176 g/mol. The quantitative estimate of drug-likeness (QED) is 0.649. The normalized spacial score (nSPS) is 21.6. The maximum Gasteiger partial charge on any atom is 0.161 e. The first-order valence-corrected chi connectivity index (χ1v) is 5.92. The molecule has 0 amide bonds. The highest BCUT2D eigenvalue weighted by atomic mass is 16.5. The van der Waals surface area contributed by atoms with Crippen LogP contribution in [-0.2, 0) is 9.53 Å². The van der Waals surface area contributed by atoms with Gasteiger partial charge in [-0.3, -0.25) is 4.79 Å². The molecule has 0 saturated heterocycles. The van der Waals surface area contributed by atoms with Crippen molar-refractivity contribution in [3.05, 3.63) is 0 Å². The van der Waals surface area contributed by atoms with Gasteiger partial charge in [-0.2, -0.15) is 0 Å². The number of Topliss-reactive ketones (excluding diaryl/α,β-unsaturated/α-hetero) is 1. The number of carbonyl (C=O) groups excluding carboxylic acids is 1. The predicted octanol–water partition coefficient (Wildman–Crippen LogP) is 3.09. The highest BCUT2D eigenvalue weighted by Crippen LogP contribution is 2.21. The van der Waals surface area contributed by atoms with Crippen LogP contribution in [0.5, 0.6) is 0 Å². The summed E-state index contributed by atoms with van der Waals surface area (Å²) in [5.41, 5.74) is 0. The molecule has 0 aromatic heterocycles. The Balaban J connectivity index is 2.30. The SMILES string of the molecule is CCC(=O)C(C)OC1CCCCCC1. The van der Waals surface area contributed by atoms with E-state index < -0.39 is 0 Å². The van der Waals surface area contributed by atoms with Crippen molar-refractivity contribution in [1.82, 2.24) is 0 Å². The van der Waals surface area contributed by atoms with Gasteiger partial charge < -0.3 is 4.74 Å². The Kier molecular flexibility index (Phi) is 5.16. The van der Waals surface area contributed by atoms with E-state index >= 15 is 0 Å². The molecule has 0 heterocycles. The van der Waals surface area contributed by atoms with Crippen molar-refractivity contribution < 1.29 is 9.53 Å². The summed E-state index contributed by atoms with van der Waals surface area (Å²) in [4.78, 5) is 11.3. The Morgan fingerprint density at radius 1 is 1.29 bits per heavy atom. The van der Waals surface area contributed by atoms with Gasteiger partial charge in [0.25, 0.3) is 0 Å². The Morgan fingerprint density at radius 2 is 1.86 bits per heavy atom. The molecule has 1 unspecified atom stereocenters. The third-order valence-corrected chi connectivity index (χ3v) is 3.00. The fourth-order valence-electron chi connectivity index (χ4n) is 2.03. The van der Waals surface area contributed by atoms with Crippen LogP contribution in [0.25, 0.3) is 0 Å². The molecule has 0 bridgehead atoms. The summed E-state index contributed by atoms with van der Waals surface area (Å²) >= 11 is 0. The minimum atomic E-state index is -0.192. The first-order chi connectivity index (χ1) is 6.74. The van der Waals surface area contributed by atoms with Crippen LogP contribution in [0.15, 0.2) is 0 Å². The van der Waals surface area contributed by atoms with Crippen molar-refractivity contribution in [3.8, 4) is 0 Å². The second-order valence-electron chi connectivity index (χ2n) is 4.21. The van der Waals surface area contributed by atoms with Gasteiger partial charge in [-0.25, -0.2) is 0 Å². The van der Waals surface area contributed by atoms with Crippen LogP contribution in [0.4, 0.5) is 0 Å². The summed E-state index contributed by atoms with van der Waals surface area (Å²) in [6.45, 7) is 3.78. The van der Waals surface area contributed by atoms with E-state index in [1.807, 2.05) is 13.8 Å². The molecule has 0 aromatic rings. The van der Waals surface area contributed by atoms with Gasteiger partial charge in [0.15, 0.2) is 5.78 Å². The molecule has 1 atom stereocenters. The third kappa shape index (κ3) is 3.79. The zero-order valence-electron chi connectivity index (χ0n) is 9.42.